The van der Waals surface area contributed by atoms with Crippen molar-refractivity contribution < 1.29 is 19.6 Å². The van der Waals surface area contributed by atoms with Gasteiger partial charge in [0, 0.05) is 18.6 Å². The van der Waals surface area contributed by atoms with E-state index in [9.17, 15) is 20.0 Å². The Kier molecular flexibility index (Phi) is 6.90. The third kappa shape index (κ3) is 5.02. The van der Waals surface area contributed by atoms with Crippen molar-refractivity contribution in [3.8, 4) is 0 Å². The number of cyclic esters (lactones) is 1. The van der Waals surface area contributed by atoms with Crippen LogP contribution in [0, 0.1) is 10.1 Å². The first-order chi connectivity index (χ1) is 14.9. The maximum Gasteiger partial charge on any atom is 0.342 e. The van der Waals surface area contributed by atoms with Crippen molar-refractivity contribution in [1.82, 2.24) is 0 Å². The zero-order valence-electron chi connectivity index (χ0n) is 17.8. The van der Waals surface area contributed by atoms with Crippen LogP contribution in [0.4, 0.5) is 5.69 Å². The van der Waals surface area contributed by atoms with E-state index in [-0.39, 0.29) is 23.4 Å². The Balaban J connectivity index is 1.92. The summed E-state index contributed by atoms with van der Waals surface area (Å²) in [5, 5.41) is 22.1. The minimum absolute atomic E-state index is 0.0302. The van der Waals surface area contributed by atoms with Crippen LogP contribution in [-0.4, -0.2) is 21.6 Å². The lowest BCUT2D eigenvalue weighted by molar-refractivity contribution is -0.384. The second-order valence-corrected chi connectivity index (χ2v) is 7.82. The van der Waals surface area contributed by atoms with Crippen LogP contribution in [0.1, 0.15) is 50.7 Å². The van der Waals surface area contributed by atoms with Gasteiger partial charge >= 0.3 is 5.97 Å². The maximum atomic E-state index is 13.1. The molecule has 2 aromatic rings. The summed E-state index contributed by atoms with van der Waals surface area (Å²) >= 11 is 0. The molecule has 1 aliphatic rings. The van der Waals surface area contributed by atoms with Gasteiger partial charge in [-0.1, -0.05) is 61.9 Å². The lowest BCUT2D eigenvalue weighted by Gasteiger charge is -2.37. The van der Waals surface area contributed by atoms with Gasteiger partial charge in [-0.15, -0.1) is 0 Å². The smallest absolute Gasteiger partial charge is 0.342 e. The number of aryl methyl sites for hydroxylation is 1. The quantitative estimate of drug-likeness (QED) is 0.324. The molecule has 2 aromatic carbocycles. The van der Waals surface area contributed by atoms with Crippen LogP contribution in [0.15, 0.2) is 72.0 Å². The van der Waals surface area contributed by atoms with E-state index in [0.717, 1.165) is 18.4 Å². The number of non-ortho nitro benzene ring substituents is 1. The number of benzene rings is 2. The highest BCUT2D eigenvalue weighted by Gasteiger charge is 2.42. The molecule has 0 saturated carbocycles. The first-order valence-corrected chi connectivity index (χ1v) is 10.5. The number of carbonyl (C=O) groups is 1. The molecule has 0 radical (unpaired) electrons. The molecule has 0 aliphatic carbocycles. The van der Waals surface area contributed by atoms with Gasteiger partial charge < -0.3 is 9.84 Å². The van der Waals surface area contributed by atoms with Crippen molar-refractivity contribution >= 4 is 17.2 Å². The molecule has 0 aromatic heterocycles. The summed E-state index contributed by atoms with van der Waals surface area (Å²) in [5.74, 6) is -0.623. The molecule has 0 saturated heterocycles. The van der Waals surface area contributed by atoms with Gasteiger partial charge in [-0.2, -0.15) is 0 Å². The minimum Gasteiger partial charge on any atom is -0.511 e. The van der Waals surface area contributed by atoms with Gasteiger partial charge in [-0.3, -0.25) is 10.1 Å². The number of esters is 1. The largest absolute Gasteiger partial charge is 0.511 e. The van der Waals surface area contributed by atoms with Gasteiger partial charge in [0.1, 0.15) is 16.9 Å². The second-order valence-electron chi connectivity index (χ2n) is 7.82. The number of hydrogen-bond acceptors (Lipinski definition) is 5. The Morgan fingerprint density at radius 2 is 1.94 bits per heavy atom. The number of rotatable bonds is 8. The van der Waals surface area contributed by atoms with Crippen LogP contribution in [-0.2, 0) is 16.0 Å². The molecular weight excluding hydrogens is 394 g/mol. The summed E-state index contributed by atoms with van der Waals surface area (Å²) in [6.07, 6.45) is 4.69. The van der Waals surface area contributed by atoms with E-state index in [1.54, 1.807) is 25.1 Å². The predicted octanol–water partition coefficient (Wildman–Crippen LogP) is 5.93. The first kappa shape index (κ1) is 22.3. The van der Waals surface area contributed by atoms with Crippen molar-refractivity contribution in [2.45, 2.75) is 51.6 Å². The Bertz CT molecular complexity index is 1030. The molecule has 3 rings (SSSR count). The Morgan fingerprint density at radius 1 is 1.19 bits per heavy atom. The van der Waals surface area contributed by atoms with Gasteiger partial charge in [0.25, 0.3) is 5.69 Å². The lowest BCUT2D eigenvalue weighted by atomic mass is 9.82. The number of nitrogens with zero attached hydrogens (tertiary/aromatic N) is 1. The molecule has 0 unspecified atom stereocenters. The summed E-state index contributed by atoms with van der Waals surface area (Å²) in [7, 11) is 0. The zero-order valence-corrected chi connectivity index (χ0v) is 17.8. The molecule has 31 heavy (non-hydrogen) atoms. The minimum atomic E-state index is -0.767. The standard InChI is InChI=1S/C25H27NO5/c1-3-14-25(15-13-18-9-6-5-7-10-18)17-22(27)23(24(28)31-25)21(4-2)19-11-8-12-20(16-19)26(29)30/h4-12,16,27H,3,13-15,17H2,1-2H3/t25-/m1/s1. The number of hydrogen-bond donors (Lipinski definition) is 1. The Morgan fingerprint density at radius 3 is 2.55 bits per heavy atom. The van der Waals surface area contributed by atoms with Crippen molar-refractivity contribution in [2.24, 2.45) is 0 Å². The molecule has 6 nitrogen and oxygen atoms in total. The normalized spacial score (nSPS) is 19.3. The van der Waals surface area contributed by atoms with Gasteiger partial charge in [0.05, 0.1) is 4.92 Å². The van der Waals surface area contributed by atoms with Gasteiger partial charge in [0.2, 0.25) is 0 Å². The predicted molar refractivity (Wildman–Crippen MR) is 120 cm³/mol. The highest BCUT2D eigenvalue weighted by Crippen LogP contribution is 2.40. The molecular formula is C25H27NO5. The fourth-order valence-electron chi connectivity index (χ4n) is 4.18. The van der Waals surface area contributed by atoms with E-state index in [0.29, 0.717) is 24.0 Å². The van der Waals surface area contributed by atoms with E-state index < -0.39 is 16.5 Å². The maximum absolute atomic E-state index is 13.1. The molecule has 162 valence electrons. The van der Waals surface area contributed by atoms with Crippen molar-refractivity contribution in [1.29, 1.82) is 0 Å². The van der Waals surface area contributed by atoms with E-state index in [2.05, 4.69) is 0 Å². The van der Waals surface area contributed by atoms with Gasteiger partial charge in [-0.05, 0) is 42.9 Å². The van der Waals surface area contributed by atoms with E-state index in [1.807, 2.05) is 37.3 Å². The number of aliphatic hydroxyl groups excluding tert-OH is 1. The SMILES string of the molecule is CC=C(C1=C(O)C[C@@](CCC)(CCc2ccccc2)OC1=O)c1cccc([N+](=O)[O-])c1. The molecule has 1 atom stereocenters. The van der Waals surface area contributed by atoms with Crippen LogP contribution in [0.25, 0.3) is 5.57 Å². The van der Waals surface area contributed by atoms with Crippen LogP contribution >= 0.6 is 0 Å². The fourth-order valence-corrected chi connectivity index (χ4v) is 4.18. The average Bonchev–Trinajstić information content (AvgIpc) is 2.76. The topological polar surface area (TPSA) is 89.7 Å². The Hall–Kier alpha value is -3.41. The fraction of sp³-hybridized carbons (Fsp3) is 0.320. The Labute approximate surface area is 182 Å². The summed E-state index contributed by atoms with van der Waals surface area (Å²) in [5.41, 5.74) is 1.30. The summed E-state index contributed by atoms with van der Waals surface area (Å²) in [4.78, 5) is 23.7. The average molecular weight is 421 g/mol. The van der Waals surface area contributed by atoms with E-state index in [4.69, 9.17) is 4.74 Å². The number of nitro groups is 1. The highest BCUT2D eigenvalue weighted by molar-refractivity contribution is 6.07. The van der Waals surface area contributed by atoms with Crippen LogP contribution in [0.3, 0.4) is 0 Å². The number of allylic oxidation sites excluding steroid dienone is 1. The zero-order chi connectivity index (χ0) is 22.4. The summed E-state index contributed by atoms with van der Waals surface area (Å²) in [6.45, 7) is 3.75. The highest BCUT2D eigenvalue weighted by atomic mass is 16.6. The summed E-state index contributed by atoms with van der Waals surface area (Å²) in [6, 6.07) is 16.0. The number of ether oxygens (including phenoxy) is 1. The van der Waals surface area contributed by atoms with Crippen molar-refractivity contribution in [3.63, 3.8) is 0 Å². The molecule has 6 heteroatoms. The third-order valence-corrected chi connectivity index (χ3v) is 5.64. The van der Waals surface area contributed by atoms with Crippen LogP contribution in [0.5, 0.6) is 0 Å². The molecule has 0 bridgehead atoms. The number of aliphatic hydroxyl groups is 1. The molecule has 0 amide bonds. The third-order valence-electron chi connectivity index (χ3n) is 5.64. The van der Waals surface area contributed by atoms with Crippen LogP contribution < -0.4 is 0 Å². The summed E-state index contributed by atoms with van der Waals surface area (Å²) < 4.78 is 5.97. The molecule has 1 heterocycles. The van der Waals surface area contributed by atoms with E-state index >= 15 is 0 Å². The molecule has 0 fully saturated rings. The lowest BCUT2D eigenvalue weighted by Crippen LogP contribution is -2.41. The van der Waals surface area contributed by atoms with Crippen molar-refractivity contribution in [2.75, 3.05) is 0 Å². The number of carbonyl (C=O) groups excluding carboxylic acids is 1. The molecule has 1 N–H and O–H groups in total. The van der Waals surface area contributed by atoms with Crippen LogP contribution in [0.2, 0.25) is 0 Å². The van der Waals surface area contributed by atoms with Gasteiger partial charge in [0.15, 0.2) is 0 Å². The molecule has 0 spiro atoms. The van der Waals surface area contributed by atoms with Gasteiger partial charge in [-0.25, -0.2) is 4.79 Å². The first-order valence-electron chi connectivity index (χ1n) is 10.5. The number of nitro benzene ring substituents is 1. The van der Waals surface area contributed by atoms with Crippen molar-refractivity contribution in [3.05, 3.63) is 93.2 Å². The molecule has 1 aliphatic heterocycles. The van der Waals surface area contributed by atoms with E-state index in [1.165, 1.54) is 12.1 Å². The monoisotopic (exact) mass is 421 g/mol. The second kappa shape index (κ2) is 9.60.